The first-order valence-corrected chi connectivity index (χ1v) is 13.1. The van der Waals surface area contributed by atoms with Crippen molar-refractivity contribution in [3.05, 3.63) is 71.8 Å². The van der Waals surface area contributed by atoms with E-state index in [9.17, 15) is 14.4 Å². The number of fused-ring (bicyclic) bond motifs is 1. The Labute approximate surface area is 226 Å². The normalized spacial score (nSPS) is 22.9. The summed E-state index contributed by atoms with van der Waals surface area (Å²) in [6.45, 7) is 5.09. The van der Waals surface area contributed by atoms with Crippen molar-refractivity contribution in [3.63, 3.8) is 0 Å². The Balaban J connectivity index is 0.00000380. The van der Waals surface area contributed by atoms with E-state index in [4.69, 9.17) is 0 Å². The van der Waals surface area contributed by atoms with Crippen LogP contribution in [0.3, 0.4) is 0 Å². The standard InChI is InChI=1S/C29H38N4O3.ClH/c1-4-20(2)27(34)30-24-19-32(3)18-17-23-15-16-25(33(23)29(24)36)28(35)31-26(21-11-7-5-8-12-21)22-13-9-6-10-14-22;/h5-14,20,23-26H,4,15-19H2,1-3H3,(H,30,34)(H,31,35);1H/t20-,23-,24+,25+;/m1./s1. The van der Waals surface area contributed by atoms with E-state index in [1.165, 1.54) is 0 Å². The second-order valence-corrected chi connectivity index (χ2v) is 10.2. The van der Waals surface area contributed by atoms with Gasteiger partial charge in [-0.1, -0.05) is 74.5 Å². The molecule has 37 heavy (non-hydrogen) atoms. The summed E-state index contributed by atoms with van der Waals surface area (Å²) in [5, 5.41) is 6.22. The molecule has 2 fully saturated rings. The van der Waals surface area contributed by atoms with Crippen LogP contribution >= 0.6 is 12.4 Å². The molecule has 2 aromatic carbocycles. The second kappa shape index (κ2) is 13.1. The van der Waals surface area contributed by atoms with E-state index in [1.54, 1.807) is 4.90 Å². The zero-order chi connectivity index (χ0) is 25.7. The molecule has 0 saturated carbocycles. The number of nitrogens with one attached hydrogen (secondary N) is 2. The molecule has 0 aliphatic carbocycles. The fraction of sp³-hybridized carbons (Fsp3) is 0.483. The second-order valence-electron chi connectivity index (χ2n) is 10.2. The number of nitrogens with zero attached hydrogens (tertiary/aromatic N) is 2. The lowest BCUT2D eigenvalue weighted by Gasteiger charge is -2.38. The summed E-state index contributed by atoms with van der Waals surface area (Å²) in [7, 11) is 1.98. The van der Waals surface area contributed by atoms with Crippen molar-refractivity contribution in [3.8, 4) is 0 Å². The lowest BCUT2D eigenvalue weighted by Crippen LogP contribution is -2.60. The molecule has 3 amide bonds. The highest BCUT2D eigenvalue weighted by atomic mass is 35.5. The Morgan fingerprint density at radius 1 is 0.973 bits per heavy atom. The first-order valence-electron chi connectivity index (χ1n) is 13.1. The van der Waals surface area contributed by atoms with Crippen LogP contribution in [0.1, 0.15) is 56.7 Å². The van der Waals surface area contributed by atoms with Crippen LogP contribution < -0.4 is 10.6 Å². The topological polar surface area (TPSA) is 81.8 Å². The number of amides is 3. The number of hydrogen-bond acceptors (Lipinski definition) is 4. The summed E-state index contributed by atoms with van der Waals surface area (Å²) in [5.41, 5.74) is 1.98. The van der Waals surface area contributed by atoms with Gasteiger partial charge in [0.25, 0.3) is 0 Å². The van der Waals surface area contributed by atoms with Gasteiger partial charge in [-0.3, -0.25) is 14.4 Å². The minimum Gasteiger partial charge on any atom is -0.343 e. The van der Waals surface area contributed by atoms with Crippen molar-refractivity contribution in [2.75, 3.05) is 20.1 Å². The summed E-state index contributed by atoms with van der Waals surface area (Å²) in [6.07, 6.45) is 2.93. The monoisotopic (exact) mass is 526 g/mol. The largest absolute Gasteiger partial charge is 0.343 e. The van der Waals surface area contributed by atoms with E-state index in [2.05, 4.69) is 15.5 Å². The van der Waals surface area contributed by atoms with Crippen LogP contribution in [0.4, 0.5) is 0 Å². The molecular formula is C29H39ClN4O3. The lowest BCUT2D eigenvalue weighted by molar-refractivity contribution is -0.145. The third kappa shape index (κ3) is 6.70. The van der Waals surface area contributed by atoms with Gasteiger partial charge in [-0.15, -0.1) is 12.4 Å². The third-order valence-corrected chi connectivity index (χ3v) is 7.62. The van der Waals surface area contributed by atoms with Gasteiger partial charge in [0.15, 0.2) is 0 Å². The van der Waals surface area contributed by atoms with Gasteiger partial charge in [0, 0.05) is 18.5 Å². The maximum atomic E-state index is 13.8. The van der Waals surface area contributed by atoms with E-state index < -0.39 is 12.1 Å². The maximum absolute atomic E-state index is 13.8. The summed E-state index contributed by atoms with van der Waals surface area (Å²) in [5.74, 6) is -0.587. The van der Waals surface area contributed by atoms with E-state index in [-0.39, 0.29) is 48.1 Å². The van der Waals surface area contributed by atoms with Gasteiger partial charge in [-0.2, -0.15) is 0 Å². The van der Waals surface area contributed by atoms with Crippen LogP contribution in [0, 0.1) is 5.92 Å². The number of rotatable bonds is 7. The third-order valence-electron chi connectivity index (χ3n) is 7.62. The van der Waals surface area contributed by atoms with Crippen LogP contribution in [-0.2, 0) is 14.4 Å². The zero-order valence-corrected chi connectivity index (χ0v) is 22.7. The average molecular weight is 527 g/mol. The molecule has 0 radical (unpaired) electrons. The number of benzene rings is 2. The number of likely N-dealkylation sites (N-methyl/N-ethyl adjacent to an activating group) is 1. The highest BCUT2D eigenvalue weighted by molar-refractivity contribution is 5.93. The first-order chi connectivity index (χ1) is 17.4. The summed E-state index contributed by atoms with van der Waals surface area (Å²) in [6, 6.07) is 18.3. The molecule has 2 saturated heterocycles. The van der Waals surface area contributed by atoms with Crippen molar-refractivity contribution in [1.82, 2.24) is 20.4 Å². The Kier molecular flexibility index (Phi) is 10.1. The molecule has 2 N–H and O–H groups in total. The quantitative estimate of drug-likeness (QED) is 0.578. The minimum absolute atomic E-state index is 0. The molecular weight excluding hydrogens is 488 g/mol. The highest BCUT2D eigenvalue weighted by Crippen LogP contribution is 2.30. The maximum Gasteiger partial charge on any atom is 0.247 e. The van der Waals surface area contributed by atoms with Crippen LogP contribution in [-0.4, -0.2) is 65.8 Å². The van der Waals surface area contributed by atoms with Crippen molar-refractivity contribution < 1.29 is 14.4 Å². The van der Waals surface area contributed by atoms with Crippen molar-refractivity contribution in [1.29, 1.82) is 0 Å². The molecule has 4 atom stereocenters. The molecule has 4 rings (SSSR count). The highest BCUT2D eigenvalue weighted by Gasteiger charge is 2.45. The van der Waals surface area contributed by atoms with Gasteiger partial charge in [0.05, 0.1) is 6.04 Å². The molecule has 0 bridgehead atoms. The number of carbonyl (C=O) groups is 3. The molecule has 0 aromatic heterocycles. The number of halogens is 1. The summed E-state index contributed by atoms with van der Waals surface area (Å²) < 4.78 is 0. The Hall–Kier alpha value is -2.90. The molecule has 2 aromatic rings. The Bertz CT molecular complexity index is 1010. The molecule has 7 nitrogen and oxygen atoms in total. The molecule has 200 valence electrons. The molecule has 8 heteroatoms. The molecule has 2 aliphatic heterocycles. The van der Waals surface area contributed by atoms with Crippen LogP contribution in [0.15, 0.2) is 60.7 Å². The predicted octanol–water partition coefficient (Wildman–Crippen LogP) is 3.54. The van der Waals surface area contributed by atoms with E-state index in [0.717, 1.165) is 30.5 Å². The fourth-order valence-electron chi connectivity index (χ4n) is 5.28. The number of hydrogen-bond donors (Lipinski definition) is 2. The first kappa shape index (κ1) is 28.7. The van der Waals surface area contributed by atoms with Crippen LogP contribution in [0.2, 0.25) is 0 Å². The van der Waals surface area contributed by atoms with Gasteiger partial charge in [0.2, 0.25) is 17.7 Å². The van der Waals surface area contributed by atoms with Crippen LogP contribution in [0.5, 0.6) is 0 Å². The fourth-order valence-corrected chi connectivity index (χ4v) is 5.28. The van der Waals surface area contributed by atoms with Gasteiger partial charge < -0.3 is 20.4 Å². The molecule has 0 unspecified atom stereocenters. The van der Waals surface area contributed by atoms with E-state index >= 15 is 0 Å². The lowest BCUT2D eigenvalue weighted by atomic mass is 9.98. The zero-order valence-electron chi connectivity index (χ0n) is 21.9. The molecule has 2 aliphatic rings. The summed E-state index contributed by atoms with van der Waals surface area (Å²) >= 11 is 0. The van der Waals surface area contributed by atoms with Gasteiger partial charge in [-0.25, -0.2) is 0 Å². The SMILES string of the molecule is CC[C@@H](C)C(=O)N[C@H]1CN(C)CC[C@H]2CC[C@@H](C(=O)NC(c3ccccc3)c3ccccc3)N2C1=O.Cl. The predicted molar refractivity (Wildman–Crippen MR) is 147 cm³/mol. The van der Waals surface area contributed by atoms with Crippen molar-refractivity contribution >= 4 is 30.1 Å². The van der Waals surface area contributed by atoms with Gasteiger partial charge >= 0.3 is 0 Å². The summed E-state index contributed by atoms with van der Waals surface area (Å²) in [4.78, 5) is 44.1. The van der Waals surface area contributed by atoms with Gasteiger partial charge in [0.1, 0.15) is 12.1 Å². The Morgan fingerprint density at radius 2 is 1.57 bits per heavy atom. The van der Waals surface area contributed by atoms with Crippen LogP contribution in [0.25, 0.3) is 0 Å². The van der Waals surface area contributed by atoms with Crippen molar-refractivity contribution in [2.24, 2.45) is 5.92 Å². The molecule has 0 spiro atoms. The minimum atomic E-state index is -0.660. The average Bonchev–Trinajstić information content (AvgIpc) is 3.33. The van der Waals surface area contributed by atoms with Crippen molar-refractivity contribution in [2.45, 2.75) is 63.7 Å². The van der Waals surface area contributed by atoms with E-state index in [0.29, 0.717) is 19.4 Å². The molecule has 2 heterocycles. The van der Waals surface area contributed by atoms with Gasteiger partial charge in [-0.05, 0) is 50.4 Å². The smallest absolute Gasteiger partial charge is 0.247 e. The Morgan fingerprint density at radius 3 is 2.14 bits per heavy atom. The van der Waals surface area contributed by atoms with E-state index in [1.807, 2.05) is 81.6 Å². The number of carbonyl (C=O) groups excluding carboxylic acids is 3.